The molecule has 6 nitrogen and oxygen atoms in total. The number of ether oxygens (including phenoxy) is 1. The van der Waals surface area contributed by atoms with Crippen LogP contribution in [0.1, 0.15) is 393 Å². The third-order valence-electron chi connectivity index (χ3n) is 16.7. The van der Waals surface area contributed by atoms with Gasteiger partial charge in [0.1, 0.15) is 0 Å². The molecule has 0 radical (unpaired) electrons. The Bertz CT molecular complexity index is 1280. The molecule has 0 aliphatic rings. The van der Waals surface area contributed by atoms with Gasteiger partial charge in [-0.3, -0.25) is 9.59 Å². The van der Waals surface area contributed by atoms with E-state index < -0.39 is 12.1 Å². The van der Waals surface area contributed by atoms with Crippen molar-refractivity contribution in [2.24, 2.45) is 0 Å². The zero-order valence-corrected chi connectivity index (χ0v) is 53.4. The molecule has 0 aromatic heterocycles. The average molecular weight is 1110 g/mol. The Morgan fingerprint density at radius 3 is 0.962 bits per heavy atom. The fourth-order valence-electron chi connectivity index (χ4n) is 11.2. The van der Waals surface area contributed by atoms with Gasteiger partial charge in [0.05, 0.1) is 25.4 Å². The zero-order valence-electron chi connectivity index (χ0n) is 53.4. The quantitative estimate of drug-likeness (QED) is 0.0320. The standard InChI is InChI=1S/C73H139NO5/c1-3-5-7-9-11-13-15-17-38-41-45-49-53-57-61-65-71(76)70(69-75)74-72(77)66-62-58-54-50-46-42-39-36-34-32-30-28-26-24-22-20-19-21-23-25-27-29-31-33-35-37-40-44-48-52-56-60-64-68-79-73(78)67-63-59-55-51-47-43-18-16-14-12-10-8-6-4-2/h23,25,29,31,61,65,70-71,75-76H,3-22,24,26-28,30,32-60,62-64,66-69H2,1-2H3,(H,74,77)/b25-23-,31-29-,65-61+. The van der Waals surface area contributed by atoms with Crippen molar-refractivity contribution in [1.29, 1.82) is 0 Å². The number of hydrogen-bond donors (Lipinski definition) is 3. The summed E-state index contributed by atoms with van der Waals surface area (Å²) in [6.45, 7) is 4.93. The lowest BCUT2D eigenvalue weighted by Gasteiger charge is -2.20. The smallest absolute Gasteiger partial charge is 0.305 e. The molecule has 0 rings (SSSR count). The van der Waals surface area contributed by atoms with Crippen LogP contribution in [-0.4, -0.2) is 47.4 Å². The number of allylic oxidation sites excluding steroid dienone is 5. The molecular formula is C73H139NO5. The Hall–Kier alpha value is -1.92. The highest BCUT2D eigenvalue weighted by molar-refractivity contribution is 5.76. The van der Waals surface area contributed by atoms with Gasteiger partial charge in [0.25, 0.3) is 0 Å². The van der Waals surface area contributed by atoms with Crippen molar-refractivity contribution >= 4 is 11.9 Å². The number of esters is 1. The van der Waals surface area contributed by atoms with Gasteiger partial charge >= 0.3 is 5.97 Å². The van der Waals surface area contributed by atoms with Gasteiger partial charge < -0.3 is 20.3 Å². The summed E-state index contributed by atoms with van der Waals surface area (Å²) >= 11 is 0. The van der Waals surface area contributed by atoms with E-state index in [0.29, 0.717) is 19.4 Å². The van der Waals surface area contributed by atoms with Crippen LogP contribution in [0, 0.1) is 0 Å². The summed E-state index contributed by atoms with van der Waals surface area (Å²) in [6, 6.07) is -0.626. The Balaban J connectivity index is 3.38. The summed E-state index contributed by atoms with van der Waals surface area (Å²) in [6.07, 6.45) is 88.0. The fraction of sp³-hybridized carbons (Fsp3) is 0.890. The van der Waals surface area contributed by atoms with Crippen LogP contribution in [0.15, 0.2) is 36.5 Å². The third kappa shape index (κ3) is 65.1. The van der Waals surface area contributed by atoms with E-state index in [0.717, 1.165) is 44.9 Å². The number of unbranched alkanes of at least 4 members (excludes halogenated alkanes) is 52. The van der Waals surface area contributed by atoms with E-state index in [4.69, 9.17) is 4.74 Å². The Labute approximate surface area is 494 Å². The summed E-state index contributed by atoms with van der Waals surface area (Å²) in [5.41, 5.74) is 0. The van der Waals surface area contributed by atoms with Gasteiger partial charge in [0.2, 0.25) is 5.91 Å². The van der Waals surface area contributed by atoms with E-state index >= 15 is 0 Å². The van der Waals surface area contributed by atoms with E-state index in [2.05, 4.69) is 43.5 Å². The van der Waals surface area contributed by atoms with Crippen molar-refractivity contribution in [3.8, 4) is 0 Å². The van der Waals surface area contributed by atoms with Crippen LogP contribution in [0.4, 0.5) is 0 Å². The lowest BCUT2D eigenvalue weighted by Crippen LogP contribution is -2.45. The van der Waals surface area contributed by atoms with Crippen molar-refractivity contribution in [3.63, 3.8) is 0 Å². The molecule has 2 atom stereocenters. The number of carbonyl (C=O) groups is 2. The third-order valence-corrected chi connectivity index (χ3v) is 16.7. The van der Waals surface area contributed by atoms with Gasteiger partial charge in [-0.05, 0) is 64.2 Å². The number of rotatable bonds is 67. The topological polar surface area (TPSA) is 95.9 Å². The van der Waals surface area contributed by atoms with E-state index in [9.17, 15) is 19.8 Å². The minimum absolute atomic E-state index is 0.0166. The molecule has 0 bridgehead atoms. The molecule has 6 heteroatoms. The number of nitrogens with one attached hydrogen (secondary N) is 1. The lowest BCUT2D eigenvalue weighted by atomic mass is 10.0. The first-order chi connectivity index (χ1) is 39.0. The second-order valence-electron chi connectivity index (χ2n) is 24.6. The Morgan fingerprint density at radius 1 is 0.354 bits per heavy atom. The van der Waals surface area contributed by atoms with Crippen molar-refractivity contribution in [2.75, 3.05) is 13.2 Å². The molecule has 0 aliphatic heterocycles. The highest BCUT2D eigenvalue weighted by Crippen LogP contribution is 2.18. The molecule has 0 aromatic carbocycles. The molecule has 2 unspecified atom stereocenters. The Kier molecular flexibility index (Phi) is 66.9. The highest BCUT2D eigenvalue weighted by atomic mass is 16.5. The molecule has 0 saturated heterocycles. The molecule has 0 aliphatic carbocycles. The minimum atomic E-state index is -0.843. The normalized spacial score (nSPS) is 12.7. The van der Waals surface area contributed by atoms with Gasteiger partial charge in [0, 0.05) is 12.8 Å². The minimum Gasteiger partial charge on any atom is -0.466 e. The first-order valence-electron chi connectivity index (χ1n) is 35.8. The predicted molar refractivity (Wildman–Crippen MR) is 347 cm³/mol. The lowest BCUT2D eigenvalue weighted by molar-refractivity contribution is -0.143. The predicted octanol–water partition coefficient (Wildman–Crippen LogP) is 23.1. The van der Waals surface area contributed by atoms with Crippen LogP contribution in [0.5, 0.6) is 0 Å². The van der Waals surface area contributed by atoms with Crippen LogP contribution < -0.4 is 5.32 Å². The van der Waals surface area contributed by atoms with Gasteiger partial charge in [0.15, 0.2) is 0 Å². The van der Waals surface area contributed by atoms with Crippen molar-refractivity contribution in [3.05, 3.63) is 36.5 Å². The van der Waals surface area contributed by atoms with Gasteiger partial charge in [-0.2, -0.15) is 0 Å². The second kappa shape index (κ2) is 68.6. The Morgan fingerprint density at radius 2 is 0.633 bits per heavy atom. The number of carbonyl (C=O) groups excluding carboxylic acids is 2. The van der Waals surface area contributed by atoms with Gasteiger partial charge in [-0.25, -0.2) is 0 Å². The number of hydrogen-bond acceptors (Lipinski definition) is 5. The van der Waals surface area contributed by atoms with Crippen LogP contribution >= 0.6 is 0 Å². The first kappa shape index (κ1) is 77.1. The van der Waals surface area contributed by atoms with Crippen LogP contribution in [-0.2, 0) is 14.3 Å². The summed E-state index contributed by atoms with van der Waals surface area (Å²) in [5.74, 6) is -0.0474. The summed E-state index contributed by atoms with van der Waals surface area (Å²) in [4.78, 5) is 24.5. The van der Waals surface area contributed by atoms with E-state index in [1.165, 1.54) is 321 Å². The maximum Gasteiger partial charge on any atom is 0.305 e. The van der Waals surface area contributed by atoms with E-state index in [1.54, 1.807) is 6.08 Å². The molecule has 466 valence electrons. The van der Waals surface area contributed by atoms with E-state index in [-0.39, 0.29) is 18.5 Å². The molecule has 0 spiro atoms. The number of aliphatic hydroxyl groups excluding tert-OH is 2. The maximum absolute atomic E-state index is 12.5. The maximum atomic E-state index is 12.5. The monoisotopic (exact) mass is 1110 g/mol. The van der Waals surface area contributed by atoms with Crippen molar-refractivity contribution < 1.29 is 24.5 Å². The second-order valence-corrected chi connectivity index (χ2v) is 24.6. The first-order valence-corrected chi connectivity index (χ1v) is 35.8. The molecule has 3 N–H and O–H groups in total. The molecule has 0 aromatic rings. The summed E-state index contributed by atoms with van der Waals surface area (Å²) in [7, 11) is 0. The van der Waals surface area contributed by atoms with E-state index in [1.807, 2.05) is 6.08 Å². The molecule has 0 heterocycles. The number of aliphatic hydroxyl groups is 2. The van der Waals surface area contributed by atoms with Gasteiger partial charge in [-0.15, -0.1) is 0 Å². The van der Waals surface area contributed by atoms with Crippen molar-refractivity contribution in [2.45, 2.75) is 405 Å². The molecule has 79 heavy (non-hydrogen) atoms. The van der Waals surface area contributed by atoms with Gasteiger partial charge in [-0.1, -0.05) is 352 Å². The van der Waals surface area contributed by atoms with Crippen LogP contribution in [0.2, 0.25) is 0 Å². The van der Waals surface area contributed by atoms with Crippen LogP contribution in [0.25, 0.3) is 0 Å². The molecular weight excluding hydrogens is 971 g/mol. The van der Waals surface area contributed by atoms with Crippen LogP contribution in [0.3, 0.4) is 0 Å². The SMILES string of the molecule is CCCCCCCCCCCCCCC/C=C/C(O)C(CO)NC(=O)CCCCCCCCCCCCCCCCCCC/C=C\C/C=C\CCCCCCCCCCCOC(=O)CCCCCCCCCCCCCCCC. The largest absolute Gasteiger partial charge is 0.466 e. The molecule has 1 amide bonds. The highest BCUT2D eigenvalue weighted by Gasteiger charge is 2.18. The molecule has 0 fully saturated rings. The average Bonchev–Trinajstić information content (AvgIpc) is 3.45. The number of amides is 1. The summed E-state index contributed by atoms with van der Waals surface area (Å²) < 4.78 is 5.49. The zero-order chi connectivity index (χ0) is 57.1. The summed E-state index contributed by atoms with van der Waals surface area (Å²) in [5, 5.41) is 23.2. The molecule has 0 saturated carbocycles. The fourth-order valence-corrected chi connectivity index (χ4v) is 11.2. The van der Waals surface area contributed by atoms with Crippen molar-refractivity contribution in [1.82, 2.24) is 5.32 Å².